The molecule has 2 aromatic rings. The summed E-state index contributed by atoms with van der Waals surface area (Å²) in [6, 6.07) is 12.1. The third-order valence-electron chi connectivity index (χ3n) is 4.63. The second-order valence-electron chi connectivity index (χ2n) is 7.17. The molecule has 0 aliphatic heterocycles. The van der Waals surface area contributed by atoms with E-state index in [1.807, 2.05) is 12.1 Å². The SMILES string of the molecule is C[C@H](NC(=O)[C@@H](N)Cc1ccc(O)cc1)C(=O)Nc1ccccc1CCCC(N)=O. The summed E-state index contributed by atoms with van der Waals surface area (Å²) in [6.07, 6.45) is 1.73. The van der Waals surface area contributed by atoms with Crippen molar-refractivity contribution in [1.82, 2.24) is 5.32 Å². The van der Waals surface area contributed by atoms with Crippen molar-refractivity contribution in [2.45, 2.75) is 44.7 Å². The van der Waals surface area contributed by atoms with Gasteiger partial charge in [-0.2, -0.15) is 0 Å². The predicted molar refractivity (Wildman–Crippen MR) is 115 cm³/mol. The Hall–Kier alpha value is -3.39. The van der Waals surface area contributed by atoms with Gasteiger partial charge in [-0.05, 0) is 55.5 Å². The molecule has 0 radical (unpaired) electrons. The molecule has 30 heavy (non-hydrogen) atoms. The molecule has 0 heterocycles. The number of rotatable bonds is 10. The number of phenols is 1. The first-order chi connectivity index (χ1) is 14.3. The van der Waals surface area contributed by atoms with Crippen molar-refractivity contribution in [1.29, 1.82) is 0 Å². The molecule has 7 N–H and O–H groups in total. The third-order valence-corrected chi connectivity index (χ3v) is 4.63. The van der Waals surface area contributed by atoms with Gasteiger partial charge >= 0.3 is 0 Å². The molecule has 0 unspecified atom stereocenters. The highest BCUT2D eigenvalue weighted by atomic mass is 16.3. The number of hydrogen-bond acceptors (Lipinski definition) is 5. The molecule has 3 amide bonds. The van der Waals surface area contributed by atoms with Gasteiger partial charge in [-0.1, -0.05) is 30.3 Å². The number of anilines is 1. The van der Waals surface area contributed by atoms with Gasteiger partial charge in [0.25, 0.3) is 0 Å². The van der Waals surface area contributed by atoms with Crippen LogP contribution in [0.4, 0.5) is 5.69 Å². The van der Waals surface area contributed by atoms with Crippen LogP contribution in [-0.4, -0.2) is 34.9 Å². The van der Waals surface area contributed by atoms with E-state index in [9.17, 15) is 19.5 Å². The second kappa shape index (κ2) is 11.0. The summed E-state index contributed by atoms with van der Waals surface area (Å²) in [5.41, 5.74) is 13.4. The number of benzene rings is 2. The van der Waals surface area contributed by atoms with E-state index < -0.39 is 18.0 Å². The molecule has 0 aliphatic rings. The van der Waals surface area contributed by atoms with Gasteiger partial charge in [-0.25, -0.2) is 0 Å². The van der Waals surface area contributed by atoms with Crippen LogP contribution >= 0.6 is 0 Å². The van der Waals surface area contributed by atoms with Crippen molar-refractivity contribution in [3.05, 3.63) is 59.7 Å². The molecular weight excluding hydrogens is 384 g/mol. The molecule has 8 nitrogen and oxygen atoms in total. The topological polar surface area (TPSA) is 148 Å². The van der Waals surface area contributed by atoms with Crippen molar-refractivity contribution in [3.8, 4) is 5.75 Å². The smallest absolute Gasteiger partial charge is 0.246 e. The maximum atomic E-state index is 12.5. The average molecular weight is 412 g/mol. The molecule has 0 saturated heterocycles. The van der Waals surface area contributed by atoms with Crippen LogP contribution in [0.5, 0.6) is 5.75 Å². The number of aromatic hydroxyl groups is 1. The van der Waals surface area contributed by atoms with Gasteiger partial charge in [0.15, 0.2) is 0 Å². The summed E-state index contributed by atoms with van der Waals surface area (Å²) in [5, 5.41) is 14.7. The van der Waals surface area contributed by atoms with E-state index in [1.54, 1.807) is 31.2 Å². The fraction of sp³-hybridized carbons (Fsp3) is 0.318. The quantitative estimate of drug-likeness (QED) is 0.398. The summed E-state index contributed by atoms with van der Waals surface area (Å²) < 4.78 is 0. The van der Waals surface area contributed by atoms with Gasteiger partial charge < -0.3 is 27.2 Å². The maximum absolute atomic E-state index is 12.5. The van der Waals surface area contributed by atoms with E-state index >= 15 is 0 Å². The zero-order valence-corrected chi connectivity index (χ0v) is 16.9. The first kappa shape index (κ1) is 22.9. The lowest BCUT2D eigenvalue weighted by Crippen LogP contribution is -2.49. The predicted octanol–water partition coefficient (Wildman–Crippen LogP) is 1.21. The maximum Gasteiger partial charge on any atom is 0.246 e. The van der Waals surface area contributed by atoms with Gasteiger partial charge in [0.2, 0.25) is 17.7 Å². The van der Waals surface area contributed by atoms with E-state index in [1.165, 1.54) is 12.1 Å². The number of carbonyl (C=O) groups is 3. The van der Waals surface area contributed by atoms with Crippen molar-refractivity contribution in [3.63, 3.8) is 0 Å². The van der Waals surface area contributed by atoms with Crippen LogP contribution in [0.25, 0.3) is 0 Å². The highest BCUT2D eigenvalue weighted by Crippen LogP contribution is 2.18. The van der Waals surface area contributed by atoms with E-state index in [0.29, 0.717) is 18.5 Å². The monoisotopic (exact) mass is 412 g/mol. The van der Waals surface area contributed by atoms with E-state index in [2.05, 4.69) is 10.6 Å². The summed E-state index contributed by atoms with van der Waals surface area (Å²) in [4.78, 5) is 35.8. The molecule has 160 valence electrons. The van der Waals surface area contributed by atoms with Crippen LogP contribution in [0.2, 0.25) is 0 Å². The fourth-order valence-electron chi connectivity index (χ4n) is 2.92. The van der Waals surface area contributed by atoms with E-state index in [4.69, 9.17) is 11.5 Å². The lowest BCUT2D eigenvalue weighted by atomic mass is 10.0. The molecular formula is C22H28N4O4. The van der Waals surface area contributed by atoms with Crippen LogP contribution < -0.4 is 22.1 Å². The van der Waals surface area contributed by atoms with Crippen molar-refractivity contribution < 1.29 is 19.5 Å². The largest absolute Gasteiger partial charge is 0.508 e. The van der Waals surface area contributed by atoms with Crippen LogP contribution in [0.15, 0.2) is 48.5 Å². The van der Waals surface area contributed by atoms with Gasteiger partial charge in [0.1, 0.15) is 11.8 Å². The summed E-state index contributed by atoms with van der Waals surface area (Å²) >= 11 is 0. The number of nitrogens with one attached hydrogen (secondary N) is 2. The Morgan fingerprint density at radius 1 is 1.03 bits per heavy atom. The zero-order valence-electron chi connectivity index (χ0n) is 16.9. The molecule has 2 aromatic carbocycles. The number of aryl methyl sites for hydroxylation is 1. The Labute approximate surface area is 175 Å². The Balaban J connectivity index is 1.90. The Bertz CT molecular complexity index is 883. The van der Waals surface area contributed by atoms with Gasteiger partial charge in [0.05, 0.1) is 6.04 Å². The third kappa shape index (κ3) is 7.21. The Morgan fingerprint density at radius 3 is 2.37 bits per heavy atom. The summed E-state index contributed by atoms with van der Waals surface area (Å²) in [5.74, 6) is -1.04. The highest BCUT2D eigenvalue weighted by molar-refractivity contribution is 5.98. The van der Waals surface area contributed by atoms with Crippen molar-refractivity contribution in [2.24, 2.45) is 11.5 Å². The molecule has 2 rings (SSSR count). The van der Waals surface area contributed by atoms with Crippen LogP contribution in [0.1, 0.15) is 30.9 Å². The second-order valence-corrected chi connectivity index (χ2v) is 7.17. The minimum absolute atomic E-state index is 0.136. The average Bonchev–Trinajstić information content (AvgIpc) is 2.70. The van der Waals surface area contributed by atoms with Crippen LogP contribution in [0.3, 0.4) is 0 Å². The van der Waals surface area contributed by atoms with Crippen LogP contribution in [0, 0.1) is 0 Å². The molecule has 0 aliphatic carbocycles. The number of hydrogen-bond donors (Lipinski definition) is 5. The molecule has 8 heteroatoms. The van der Waals surface area contributed by atoms with Gasteiger partial charge in [-0.3, -0.25) is 14.4 Å². The number of para-hydroxylation sites is 1. The number of phenolic OH excluding ortho intramolecular Hbond substituents is 1. The molecule has 0 spiro atoms. The normalized spacial score (nSPS) is 12.6. The number of amides is 3. The molecule has 0 fully saturated rings. The van der Waals surface area contributed by atoms with Crippen molar-refractivity contribution in [2.75, 3.05) is 5.32 Å². The lowest BCUT2D eigenvalue weighted by molar-refractivity contribution is -0.127. The van der Waals surface area contributed by atoms with E-state index in [-0.39, 0.29) is 30.4 Å². The lowest BCUT2D eigenvalue weighted by Gasteiger charge is -2.18. The summed E-state index contributed by atoms with van der Waals surface area (Å²) in [7, 11) is 0. The number of carbonyl (C=O) groups excluding carboxylic acids is 3. The minimum atomic E-state index is -0.828. The first-order valence-corrected chi connectivity index (χ1v) is 9.77. The minimum Gasteiger partial charge on any atom is -0.508 e. The Kier molecular flexibility index (Phi) is 8.37. The molecule has 0 saturated carbocycles. The van der Waals surface area contributed by atoms with E-state index in [0.717, 1.165) is 11.1 Å². The standard InChI is InChI=1S/C22H28N4O4/c1-14(25-22(30)18(23)13-15-9-11-17(27)12-10-15)21(29)26-19-7-3-2-5-16(19)6-4-8-20(24)28/h2-3,5,7,9-12,14,18,27H,4,6,8,13,23H2,1H3,(H2,24,28)(H,25,30)(H,26,29)/t14-,18-/m0/s1. The molecule has 0 aromatic heterocycles. The van der Waals surface area contributed by atoms with Crippen molar-refractivity contribution >= 4 is 23.4 Å². The number of nitrogens with two attached hydrogens (primary N) is 2. The highest BCUT2D eigenvalue weighted by Gasteiger charge is 2.21. The Morgan fingerprint density at radius 2 is 1.70 bits per heavy atom. The van der Waals surface area contributed by atoms with Gasteiger partial charge in [-0.15, -0.1) is 0 Å². The van der Waals surface area contributed by atoms with Gasteiger partial charge in [0, 0.05) is 12.1 Å². The molecule has 0 bridgehead atoms. The first-order valence-electron chi connectivity index (χ1n) is 9.77. The summed E-state index contributed by atoms with van der Waals surface area (Å²) in [6.45, 7) is 1.58. The van der Waals surface area contributed by atoms with Crippen LogP contribution in [-0.2, 0) is 27.2 Å². The number of primary amides is 1. The zero-order chi connectivity index (χ0) is 22.1. The fourth-order valence-corrected chi connectivity index (χ4v) is 2.92. The molecule has 2 atom stereocenters.